The van der Waals surface area contributed by atoms with Crippen LogP contribution >= 0.6 is 11.3 Å². The van der Waals surface area contributed by atoms with Crippen LogP contribution in [0.3, 0.4) is 0 Å². The zero-order valence-electron chi connectivity index (χ0n) is 21.9. The molecule has 3 fully saturated rings. The number of aryl methyl sites for hydroxylation is 1. The maximum Gasteiger partial charge on any atom is 0.416 e. The first-order valence-electron chi connectivity index (χ1n) is 13.5. The number of carbonyl (C=O) groups is 1. The van der Waals surface area contributed by atoms with E-state index >= 15 is 0 Å². The predicted octanol–water partition coefficient (Wildman–Crippen LogP) is 4.35. The fourth-order valence-corrected chi connectivity index (χ4v) is 7.03. The molecule has 39 heavy (non-hydrogen) atoms. The third kappa shape index (κ3) is 5.30. The number of benzene rings is 1. The van der Waals surface area contributed by atoms with Crippen molar-refractivity contribution in [2.75, 3.05) is 44.2 Å². The number of hydrogen-bond donors (Lipinski definition) is 0. The van der Waals surface area contributed by atoms with Crippen molar-refractivity contribution in [2.45, 2.75) is 38.4 Å². The average Bonchev–Trinajstić information content (AvgIpc) is 3.58. The van der Waals surface area contributed by atoms with Gasteiger partial charge in [0, 0.05) is 52.5 Å². The van der Waals surface area contributed by atoms with Gasteiger partial charge in [-0.25, -0.2) is 4.98 Å². The summed E-state index contributed by atoms with van der Waals surface area (Å²) in [7, 11) is 1.79. The monoisotopic (exact) mass is 559 g/mol. The van der Waals surface area contributed by atoms with Crippen molar-refractivity contribution in [3.05, 3.63) is 57.3 Å². The molecule has 0 radical (unpaired) electrons. The SMILES string of the molecule is Cn1c(=O)sc2ccc(CN3CCC(CC4CC4)(C(=O)N4CCN(c5cc(C(F)(F)F)ccn5)CC4)C3)cc21. The molecule has 1 unspecified atom stereocenters. The van der Waals surface area contributed by atoms with Gasteiger partial charge in [-0.3, -0.25) is 14.5 Å². The molecule has 1 aromatic carbocycles. The van der Waals surface area contributed by atoms with E-state index in [0.717, 1.165) is 53.8 Å². The van der Waals surface area contributed by atoms with Crippen molar-refractivity contribution < 1.29 is 18.0 Å². The Morgan fingerprint density at radius 1 is 1.10 bits per heavy atom. The number of alkyl halides is 3. The summed E-state index contributed by atoms with van der Waals surface area (Å²) in [5.41, 5.74) is 0.945. The Morgan fingerprint density at radius 2 is 1.87 bits per heavy atom. The maximum absolute atomic E-state index is 14.0. The third-order valence-corrected chi connectivity index (χ3v) is 9.50. The van der Waals surface area contributed by atoms with E-state index in [1.165, 1.54) is 30.4 Å². The van der Waals surface area contributed by atoms with Crippen LogP contribution in [0.1, 0.15) is 36.8 Å². The minimum absolute atomic E-state index is 0.0290. The maximum atomic E-state index is 14.0. The second-order valence-corrected chi connectivity index (χ2v) is 12.3. The number of anilines is 1. The Labute approximate surface area is 228 Å². The van der Waals surface area contributed by atoms with E-state index in [-0.39, 0.29) is 10.8 Å². The number of hydrogen-bond acceptors (Lipinski definition) is 6. The summed E-state index contributed by atoms with van der Waals surface area (Å²) in [4.78, 5) is 36.4. The highest BCUT2D eigenvalue weighted by molar-refractivity contribution is 7.16. The Bertz CT molecular complexity index is 1440. The quantitative estimate of drug-likeness (QED) is 0.450. The largest absolute Gasteiger partial charge is 0.416 e. The molecule has 208 valence electrons. The van der Waals surface area contributed by atoms with E-state index < -0.39 is 17.2 Å². The molecule has 7 nitrogen and oxygen atoms in total. The number of fused-ring (bicyclic) bond motifs is 1. The summed E-state index contributed by atoms with van der Waals surface area (Å²) >= 11 is 1.25. The first kappa shape index (κ1) is 26.3. The van der Waals surface area contributed by atoms with E-state index in [1.54, 1.807) is 11.6 Å². The summed E-state index contributed by atoms with van der Waals surface area (Å²) in [5, 5.41) is 0. The molecule has 1 atom stereocenters. The lowest BCUT2D eigenvalue weighted by molar-refractivity contribution is -0.142. The van der Waals surface area contributed by atoms with Crippen LogP contribution in [0.15, 0.2) is 41.3 Å². The van der Waals surface area contributed by atoms with Gasteiger partial charge in [0.1, 0.15) is 5.82 Å². The normalized spacial score (nSPS) is 22.7. The standard InChI is InChI=1S/C28H32F3N5O2S/c1-33-22-14-20(4-5-23(22)39-26(33)38)17-34-9-7-27(18-34,16-19-2-3-19)25(37)36-12-10-35(11-13-36)24-15-21(6-8-32-24)28(29,30)31/h4-6,8,14-15,19H,2-3,7,9-13,16-18H2,1H3. The zero-order chi connectivity index (χ0) is 27.4. The lowest BCUT2D eigenvalue weighted by atomic mass is 9.80. The molecule has 0 bridgehead atoms. The van der Waals surface area contributed by atoms with Crippen molar-refractivity contribution in [3.63, 3.8) is 0 Å². The number of rotatable bonds is 6. The van der Waals surface area contributed by atoms with Crippen LogP contribution in [0.25, 0.3) is 10.2 Å². The second-order valence-electron chi connectivity index (χ2n) is 11.3. The van der Waals surface area contributed by atoms with E-state index in [0.29, 0.717) is 44.5 Å². The van der Waals surface area contributed by atoms with Gasteiger partial charge in [0.2, 0.25) is 5.91 Å². The number of pyridine rings is 1. The van der Waals surface area contributed by atoms with Gasteiger partial charge in [0.05, 0.1) is 21.2 Å². The van der Waals surface area contributed by atoms with Crippen molar-refractivity contribution in [1.82, 2.24) is 19.4 Å². The average molecular weight is 560 g/mol. The molecule has 6 rings (SSSR count). The molecule has 3 aromatic rings. The molecule has 1 saturated carbocycles. The lowest BCUT2D eigenvalue weighted by Gasteiger charge is -2.40. The summed E-state index contributed by atoms with van der Waals surface area (Å²) in [6.45, 7) is 4.16. The van der Waals surface area contributed by atoms with Crippen LogP contribution in [0.5, 0.6) is 0 Å². The molecular formula is C28H32F3N5O2S. The molecule has 2 aliphatic heterocycles. The molecule has 2 aromatic heterocycles. The van der Waals surface area contributed by atoms with Crippen LogP contribution in [0, 0.1) is 11.3 Å². The van der Waals surface area contributed by atoms with E-state index in [9.17, 15) is 22.8 Å². The predicted molar refractivity (Wildman–Crippen MR) is 145 cm³/mol. The topological polar surface area (TPSA) is 61.7 Å². The molecule has 1 amide bonds. The Balaban J connectivity index is 1.13. The number of nitrogens with zero attached hydrogens (tertiary/aromatic N) is 5. The van der Waals surface area contributed by atoms with Gasteiger partial charge in [0.25, 0.3) is 0 Å². The van der Waals surface area contributed by atoms with Gasteiger partial charge >= 0.3 is 11.0 Å². The number of carbonyl (C=O) groups excluding carboxylic acids is 1. The number of amides is 1. The van der Waals surface area contributed by atoms with Crippen LogP contribution < -0.4 is 9.77 Å². The van der Waals surface area contributed by atoms with Gasteiger partial charge in [-0.2, -0.15) is 13.2 Å². The van der Waals surface area contributed by atoms with Crippen LogP contribution in [0.2, 0.25) is 0 Å². The van der Waals surface area contributed by atoms with Crippen LogP contribution in [-0.2, 0) is 24.6 Å². The highest BCUT2D eigenvalue weighted by Crippen LogP contribution is 2.46. The summed E-state index contributed by atoms with van der Waals surface area (Å²) in [6.07, 6.45) is 0.848. The molecule has 1 aliphatic carbocycles. The molecule has 0 N–H and O–H groups in total. The molecule has 4 heterocycles. The third-order valence-electron chi connectivity index (χ3n) is 8.49. The highest BCUT2D eigenvalue weighted by atomic mass is 32.1. The van der Waals surface area contributed by atoms with Crippen LogP contribution in [-0.4, -0.2) is 64.5 Å². The van der Waals surface area contributed by atoms with Gasteiger partial charge < -0.3 is 14.4 Å². The smallest absolute Gasteiger partial charge is 0.353 e. The fourth-order valence-electron chi connectivity index (χ4n) is 6.17. The molecule has 2 saturated heterocycles. The van der Waals surface area contributed by atoms with E-state index in [4.69, 9.17) is 0 Å². The van der Waals surface area contributed by atoms with Crippen molar-refractivity contribution in [1.29, 1.82) is 0 Å². The van der Waals surface area contributed by atoms with Crippen molar-refractivity contribution in [3.8, 4) is 0 Å². The first-order chi connectivity index (χ1) is 18.6. The number of piperazine rings is 1. The number of thiazole rings is 1. The summed E-state index contributed by atoms with van der Waals surface area (Å²) in [6, 6.07) is 8.23. The molecule has 11 heteroatoms. The molecule has 3 aliphatic rings. The van der Waals surface area contributed by atoms with Gasteiger partial charge in [-0.1, -0.05) is 30.2 Å². The lowest BCUT2D eigenvalue weighted by Crippen LogP contribution is -2.54. The molecule has 0 spiro atoms. The van der Waals surface area contributed by atoms with Gasteiger partial charge in [-0.05, 0) is 55.1 Å². The Hall–Kier alpha value is -2.92. The number of aromatic nitrogens is 2. The van der Waals surface area contributed by atoms with E-state index in [1.807, 2.05) is 15.9 Å². The minimum Gasteiger partial charge on any atom is -0.353 e. The Kier molecular flexibility index (Phi) is 6.69. The van der Waals surface area contributed by atoms with Crippen molar-refractivity contribution >= 4 is 33.3 Å². The summed E-state index contributed by atoms with van der Waals surface area (Å²) < 4.78 is 42.2. The number of halogens is 3. The van der Waals surface area contributed by atoms with E-state index in [2.05, 4.69) is 22.0 Å². The Morgan fingerprint density at radius 3 is 2.59 bits per heavy atom. The highest BCUT2D eigenvalue weighted by Gasteiger charge is 2.49. The zero-order valence-corrected chi connectivity index (χ0v) is 22.7. The fraction of sp³-hybridized carbons (Fsp3) is 0.536. The van der Waals surface area contributed by atoms with Gasteiger partial charge in [-0.15, -0.1) is 0 Å². The van der Waals surface area contributed by atoms with Crippen LogP contribution in [0.4, 0.5) is 19.0 Å². The second kappa shape index (κ2) is 9.92. The summed E-state index contributed by atoms with van der Waals surface area (Å²) in [5.74, 6) is 1.09. The minimum atomic E-state index is -4.41. The van der Waals surface area contributed by atoms with Gasteiger partial charge in [0.15, 0.2) is 0 Å². The molecular weight excluding hydrogens is 527 g/mol. The first-order valence-corrected chi connectivity index (χ1v) is 14.3. The number of likely N-dealkylation sites (tertiary alicyclic amines) is 1. The van der Waals surface area contributed by atoms with Crippen molar-refractivity contribution in [2.24, 2.45) is 18.4 Å².